The van der Waals surface area contributed by atoms with Gasteiger partial charge in [0.15, 0.2) is 0 Å². The zero-order chi connectivity index (χ0) is 13.8. The molecule has 1 atom stereocenters. The Bertz CT molecular complexity index is 517. The van der Waals surface area contributed by atoms with Crippen molar-refractivity contribution in [2.45, 2.75) is 26.7 Å². The summed E-state index contributed by atoms with van der Waals surface area (Å²) in [5, 5.41) is 8.21. The molecule has 0 aliphatic rings. The van der Waals surface area contributed by atoms with Crippen LogP contribution >= 0.6 is 0 Å². The molecule has 0 spiro atoms. The zero-order valence-corrected chi connectivity index (χ0v) is 11.7. The van der Waals surface area contributed by atoms with Gasteiger partial charge < -0.3 is 10.3 Å². The van der Waals surface area contributed by atoms with E-state index in [4.69, 9.17) is 10.3 Å². The molecule has 104 valence electrons. The lowest BCUT2D eigenvalue weighted by Gasteiger charge is -2.14. The number of hydrogen-bond acceptors (Lipinski definition) is 5. The molecule has 6 heteroatoms. The van der Waals surface area contributed by atoms with Gasteiger partial charge in [0, 0.05) is 19.7 Å². The largest absolute Gasteiger partial charge is 0.339 e. The molecule has 0 aliphatic carbocycles. The van der Waals surface area contributed by atoms with Crippen LogP contribution in [0.2, 0.25) is 0 Å². The second-order valence-corrected chi connectivity index (χ2v) is 5.32. The minimum atomic E-state index is 0.386. The fourth-order valence-corrected chi connectivity index (χ4v) is 2.15. The van der Waals surface area contributed by atoms with Gasteiger partial charge in [-0.2, -0.15) is 10.1 Å². The third-order valence-corrected chi connectivity index (χ3v) is 3.01. The predicted molar refractivity (Wildman–Crippen MR) is 72.2 cm³/mol. The lowest BCUT2D eigenvalue weighted by molar-refractivity contribution is 0.332. The van der Waals surface area contributed by atoms with Crippen LogP contribution in [0.25, 0.3) is 11.5 Å². The van der Waals surface area contributed by atoms with Gasteiger partial charge in [-0.1, -0.05) is 19.0 Å². The lowest BCUT2D eigenvalue weighted by Crippen LogP contribution is -2.19. The molecule has 0 aromatic carbocycles. The normalized spacial score (nSPS) is 13.1. The van der Waals surface area contributed by atoms with Crippen molar-refractivity contribution in [1.82, 2.24) is 19.9 Å². The van der Waals surface area contributed by atoms with Gasteiger partial charge in [-0.25, -0.2) is 0 Å². The molecule has 0 amide bonds. The molecule has 0 radical (unpaired) electrons. The first-order chi connectivity index (χ1) is 9.08. The van der Waals surface area contributed by atoms with Crippen molar-refractivity contribution < 1.29 is 4.52 Å². The minimum absolute atomic E-state index is 0.386. The molecule has 0 saturated heterocycles. The Hall–Kier alpha value is -1.69. The summed E-state index contributed by atoms with van der Waals surface area (Å²) in [6, 6.07) is 1.86. The van der Waals surface area contributed by atoms with E-state index >= 15 is 0 Å². The number of hydrogen-bond donors (Lipinski definition) is 1. The first-order valence-electron chi connectivity index (χ1n) is 6.61. The summed E-state index contributed by atoms with van der Waals surface area (Å²) in [5.41, 5.74) is 6.51. The van der Waals surface area contributed by atoms with Gasteiger partial charge >= 0.3 is 0 Å². The summed E-state index contributed by atoms with van der Waals surface area (Å²) in [6.45, 7) is 5.02. The van der Waals surface area contributed by atoms with E-state index < -0.39 is 0 Å². The van der Waals surface area contributed by atoms with Crippen molar-refractivity contribution in [2.24, 2.45) is 24.6 Å². The van der Waals surface area contributed by atoms with Crippen LogP contribution in [-0.4, -0.2) is 26.5 Å². The fraction of sp³-hybridized carbons (Fsp3) is 0.615. The quantitative estimate of drug-likeness (QED) is 0.856. The minimum Gasteiger partial charge on any atom is -0.339 e. The highest BCUT2D eigenvalue weighted by Crippen LogP contribution is 2.18. The second-order valence-electron chi connectivity index (χ2n) is 5.32. The zero-order valence-electron chi connectivity index (χ0n) is 11.7. The Morgan fingerprint density at radius 2 is 2.21 bits per heavy atom. The molecule has 2 rings (SSSR count). The SMILES string of the molecule is CC(C)C[C@H](CN)Cc1nc(-c2ccn(C)n2)no1. The van der Waals surface area contributed by atoms with Crippen LogP contribution in [-0.2, 0) is 13.5 Å². The van der Waals surface area contributed by atoms with Gasteiger partial charge in [-0.05, 0) is 30.9 Å². The van der Waals surface area contributed by atoms with Crippen molar-refractivity contribution in [3.05, 3.63) is 18.2 Å². The molecule has 6 nitrogen and oxygen atoms in total. The average Bonchev–Trinajstić information content (AvgIpc) is 2.96. The molecule has 2 N–H and O–H groups in total. The third kappa shape index (κ3) is 3.64. The van der Waals surface area contributed by atoms with Crippen molar-refractivity contribution in [3.8, 4) is 11.5 Å². The van der Waals surface area contributed by atoms with E-state index in [0.29, 0.717) is 30.1 Å². The van der Waals surface area contributed by atoms with Gasteiger partial charge in [0.25, 0.3) is 0 Å². The Morgan fingerprint density at radius 1 is 1.42 bits per heavy atom. The maximum atomic E-state index is 5.78. The fourth-order valence-electron chi connectivity index (χ4n) is 2.15. The predicted octanol–water partition coefficient (Wildman–Crippen LogP) is 1.63. The van der Waals surface area contributed by atoms with Crippen molar-refractivity contribution in [1.29, 1.82) is 0 Å². The van der Waals surface area contributed by atoms with Crippen LogP contribution in [0.5, 0.6) is 0 Å². The van der Waals surface area contributed by atoms with E-state index in [1.165, 1.54) is 0 Å². The van der Waals surface area contributed by atoms with E-state index in [2.05, 4.69) is 29.1 Å². The number of rotatable bonds is 6. The van der Waals surface area contributed by atoms with Gasteiger partial charge in [0.1, 0.15) is 5.69 Å². The number of nitrogens with two attached hydrogens (primary N) is 1. The van der Waals surface area contributed by atoms with Gasteiger partial charge in [-0.15, -0.1) is 0 Å². The molecular weight excluding hydrogens is 242 g/mol. The Balaban J connectivity index is 2.04. The maximum absolute atomic E-state index is 5.78. The maximum Gasteiger partial charge on any atom is 0.227 e. The topological polar surface area (TPSA) is 82.8 Å². The molecular formula is C13H21N5O. The molecule has 0 unspecified atom stereocenters. The highest BCUT2D eigenvalue weighted by atomic mass is 16.5. The van der Waals surface area contributed by atoms with Crippen LogP contribution < -0.4 is 5.73 Å². The molecule has 0 aliphatic heterocycles. The molecule has 19 heavy (non-hydrogen) atoms. The number of nitrogens with zero attached hydrogens (tertiary/aromatic N) is 4. The molecule has 0 fully saturated rings. The van der Waals surface area contributed by atoms with E-state index in [9.17, 15) is 0 Å². The Kier molecular flexibility index (Phi) is 4.31. The van der Waals surface area contributed by atoms with E-state index in [1.807, 2.05) is 19.3 Å². The monoisotopic (exact) mass is 263 g/mol. The number of aromatic nitrogens is 4. The Morgan fingerprint density at radius 3 is 2.79 bits per heavy atom. The first kappa shape index (κ1) is 13.7. The molecule has 2 heterocycles. The second kappa shape index (κ2) is 5.97. The smallest absolute Gasteiger partial charge is 0.227 e. The molecule has 2 aromatic rings. The molecule has 0 bridgehead atoms. The summed E-state index contributed by atoms with van der Waals surface area (Å²) >= 11 is 0. The lowest BCUT2D eigenvalue weighted by atomic mass is 9.94. The first-order valence-corrected chi connectivity index (χ1v) is 6.61. The van der Waals surface area contributed by atoms with E-state index in [-0.39, 0.29) is 0 Å². The van der Waals surface area contributed by atoms with Crippen LogP contribution in [0, 0.1) is 11.8 Å². The summed E-state index contributed by atoms with van der Waals surface area (Å²) in [4.78, 5) is 4.38. The van der Waals surface area contributed by atoms with E-state index in [0.717, 1.165) is 18.5 Å². The van der Waals surface area contributed by atoms with Crippen LogP contribution in [0.15, 0.2) is 16.8 Å². The van der Waals surface area contributed by atoms with E-state index in [1.54, 1.807) is 4.68 Å². The summed E-state index contributed by atoms with van der Waals surface area (Å²) < 4.78 is 6.99. The van der Waals surface area contributed by atoms with Crippen LogP contribution in [0.1, 0.15) is 26.2 Å². The van der Waals surface area contributed by atoms with Gasteiger partial charge in [0.2, 0.25) is 11.7 Å². The van der Waals surface area contributed by atoms with Crippen molar-refractivity contribution in [2.75, 3.05) is 6.54 Å². The van der Waals surface area contributed by atoms with Crippen LogP contribution in [0.3, 0.4) is 0 Å². The highest BCUT2D eigenvalue weighted by molar-refractivity contribution is 5.46. The van der Waals surface area contributed by atoms with Gasteiger partial charge in [0.05, 0.1) is 0 Å². The van der Waals surface area contributed by atoms with Crippen molar-refractivity contribution >= 4 is 0 Å². The Labute approximate surface area is 113 Å². The molecule has 2 aromatic heterocycles. The summed E-state index contributed by atoms with van der Waals surface area (Å²) in [7, 11) is 1.86. The van der Waals surface area contributed by atoms with Crippen molar-refractivity contribution in [3.63, 3.8) is 0 Å². The highest BCUT2D eigenvalue weighted by Gasteiger charge is 2.16. The molecule has 0 saturated carbocycles. The van der Waals surface area contributed by atoms with Gasteiger partial charge in [-0.3, -0.25) is 4.68 Å². The number of aryl methyl sites for hydroxylation is 1. The van der Waals surface area contributed by atoms with Crippen LogP contribution in [0.4, 0.5) is 0 Å². The average molecular weight is 263 g/mol. The summed E-state index contributed by atoms with van der Waals surface area (Å²) in [6.07, 6.45) is 3.65. The summed E-state index contributed by atoms with van der Waals surface area (Å²) in [5.74, 6) is 2.18. The standard InChI is InChI=1S/C13H21N5O/c1-9(2)6-10(8-14)7-12-15-13(17-19-12)11-4-5-18(3)16-11/h4-5,9-10H,6-8,14H2,1-3H3/t10-/m0/s1. The third-order valence-electron chi connectivity index (χ3n) is 3.01.